The monoisotopic (exact) mass is 323 g/mol. The number of terminal acetylenes is 1. The van der Waals surface area contributed by atoms with Gasteiger partial charge in [-0.15, -0.1) is 6.42 Å². The average molecular weight is 323 g/mol. The van der Waals surface area contributed by atoms with Gasteiger partial charge in [0.25, 0.3) is 0 Å². The quantitative estimate of drug-likeness (QED) is 0.391. The minimum absolute atomic E-state index is 0.0301. The highest BCUT2D eigenvalue weighted by molar-refractivity contribution is 7.59. The largest absolute Gasteiger partial charge is 0.384 e. The summed E-state index contributed by atoms with van der Waals surface area (Å²) >= 11 is 0. The molecule has 0 radical (unpaired) electrons. The third-order valence-corrected chi connectivity index (χ3v) is 2.91. The summed E-state index contributed by atoms with van der Waals surface area (Å²) in [7, 11) is -1.14. The smallest absolute Gasteiger partial charge is 0.133 e. The zero-order valence-corrected chi connectivity index (χ0v) is 14.7. The maximum atomic E-state index is 11.2. The van der Waals surface area contributed by atoms with Crippen LogP contribution in [-0.4, -0.2) is 32.8 Å². The number of methoxy groups -OCH3 is 1. The second-order valence-electron chi connectivity index (χ2n) is 4.50. The van der Waals surface area contributed by atoms with Gasteiger partial charge in [0, 0.05) is 25.9 Å². The van der Waals surface area contributed by atoms with Crippen molar-refractivity contribution in [1.29, 1.82) is 0 Å². The number of Topliss-reactive ketones (excluding diaryl/α,β-unsaturated/α-hetero) is 1. The van der Waals surface area contributed by atoms with E-state index in [1.54, 1.807) is 14.0 Å². The number of carbonyl (C=O) groups is 1. The van der Waals surface area contributed by atoms with E-state index < -0.39 is 7.37 Å². The van der Waals surface area contributed by atoms with E-state index in [0.29, 0.717) is 19.4 Å². The van der Waals surface area contributed by atoms with E-state index in [0.717, 1.165) is 0 Å². The molecule has 0 aromatic heterocycles. The molecule has 0 heterocycles. The van der Waals surface area contributed by atoms with Crippen LogP contribution in [0, 0.1) is 48.6 Å². The third kappa shape index (κ3) is 18.5. The van der Waals surface area contributed by atoms with Gasteiger partial charge in [-0.2, -0.15) is 0 Å². The van der Waals surface area contributed by atoms with Crippen molar-refractivity contribution in [2.75, 3.05) is 27.0 Å². The fourth-order valence-electron chi connectivity index (χ4n) is 1.26. The summed E-state index contributed by atoms with van der Waals surface area (Å²) in [6.07, 6.45) is 5.69. The molecular formula is C17H24O4P-. The summed E-state index contributed by atoms with van der Waals surface area (Å²) in [6, 6.07) is 0. The molecular weight excluding hydrogens is 299 g/mol. The molecule has 0 aliphatic heterocycles. The zero-order valence-electron chi connectivity index (χ0n) is 13.8. The van der Waals surface area contributed by atoms with E-state index in [9.17, 15) is 9.36 Å². The summed E-state index contributed by atoms with van der Waals surface area (Å²) in [5, 5.41) is 0. The number of ketones is 1. The van der Waals surface area contributed by atoms with Crippen LogP contribution in [0.1, 0.15) is 26.7 Å². The third-order valence-electron chi connectivity index (χ3n) is 2.22. The second-order valence-corrected chi connectivity index (χ2v) is 6.78. The van der Waals surface area contributed by atoms with Gasteiger partial charge < -0.3 is 13.8 Å². The van der Waals surface area contributed by atoms with Crippen LogP contribution in [0.2, 0.25) is 0 Å². The van der Waals surface area contributed by atoms with Gasteiger partial charge >= 0.3 is 0 Å². The zero-order chi connectivity index (χ0) is 17.4. The summed E-state index contributed by atoms with van der Waals surface area (Å²) in [4.78, 5) is 11.2. The molecule has 0 saturated carbocycles. The van der Waals surface area contributed by atoms with E-state index in [1.165, 1.54) is 6.66 Å². The first-order chi connectivity index (χ1) is 10.3. The lowest BCUT2D eigenvalue weighted by atomic mass is 10.0. The highest BCUT2D eigenvalue weighted by atomic mass is 31.2. The van der Waals surface area contributed by atoms with Crippen molar-refractivity contribution in [1.82, 2.24) is 0 Å². The number of hydrogen-bond donors (Lipinski definition) is 0. The van der Waals surface area contributed by atoms with Crippen LogP contribution in [0.4, 0.5) is 0 Å². The lowest BCUT2D eigenvalue weighted by Gasteiger charge is -2.20. The Balaban J connectivity index is 0. The van der Waals surface area contributed by atoms with Gasteiger partial charge in [0.2, 0.25) is 0 Å². The number of hydrogen-bond acceptors (Lipinski definition) is 4. The molecule has 5 heteroatoms. The Kier molecular flexibility index (Phi) is 14.9. The summed E-state index contributed by atoms with van der Waals surface area (Å²) in [5.41, 5.74) is 0. The molecule has 0 amide bonds. The van der Waals surface area contributed by atoms with E-state index >= 15 is 0 Å². The lowest BCUT2D eigenvalue weighted by Crippen LogP contribution is -2.18. The van der Waals surface area contributed by atoms with Gasteiger partial charge in [0.15, 0.2) is 0 Å². The molecule has 4 nitrogen and oxygen atoms in total. The summed E-state index contributed by atoms with van der Waals surface area (Å²) in [6.45, 7) is 9.10. The highest BCUT2D eigenvalue weighted by Gasteiger charge is 2.14. The minimum Gasteiger partial charge on any atom is -0.384 e. The number of rotatable bonds is 8. The van der Waals surface area contributed by atoms with E-state index in [1.807, 2.05) is 6.92 Å². The van der Waals surface area contributed by atoms with Crippen LogP contribution in [0.25, 0.3) is 0 Å². The van der Waals surface area contributed by atoms with Crippen LogP contribution < -0.4 is 0 Å². The first kappa shape index (κ1) is 22.8. The molecule has 0 aliphatic rings. The standard InChI is InChI=1S/C10H20O4P.C7H4/c1-5-10(11)6-9(7-13-2)8-14-15(3,4)12;1-3-5-7-6-4-2/h9H,3,5-8H2,1-2,4H3;1H,2H3/q-1;/t9-,15+;/m0./s1. The lowest BCUT2D eigenvalue weighted by molar-refractivity contribution is -0.120. The molecule has 0 fully saturated rings. The van der Waals surface area contributed by atoms with Crippen molar-refractivity contribution in [3.8, 4) is 36.0 Å². The molecule has 0 aliphatic carbocycles. The molecule has 122 valence electrons. The van der Waals surface area contributed by atoms with Crippen LogP contribution in [-0.2, 0) is 18.6 Å². The molecule has 0 unspecified atom stereocenters. The number of ether oxygens (including phenoxy) is 1. The van der Waals surface area contributed by atoms with Gasteiger partial charge in [0.05, 0.1) is 20.6 Å². The predicted octanol–water partition coefficient (Wildman–Crippen LogP) is 2.98. The van der Waals surface area contributed by atoms with E-state index in [2.05, 4.69) is 36.3 Å². The van der Waals surface area contributed by atoms with Crippen molar-refractivity contribution in [3.63, 3.8) is 0 Å². The van der Waals surface area contributed by atoms with E-state index in [-0.39, 0.29) is 18.3 Å². The molecule has 2 atom stereocenters. The summed E-state index contributed by atoms with van der Waals surface area (Å²) < 4.78 is 21.3. The number of carbonyl (C=O) groups excluding carboxylic acids is 1. The van der Waals surface area contributed by atoms with Crippen molar-refractivity contribution in [2.24, 2.45) is 5.92 Å². The topological polar surface area (TPSA) is 52.6 Å². The predicted molar refractivity (Wildman–Crippen MR) is 90.2 cm³/mol. The maximum absolute atomic E-state index is 11.2. The first-order valence-electron chi connectivity index (χ1n) is 6.75. The minimum atomic E-state index is -2.71. The Hall–Kier alpha value is -1.50. The molecule has 0 aromatic rings. The van der Waals surface area contributed by atoms with Crippen molar-refractivity contribution in [2.45, 2.75) is 26.7 Å². The van der Waals surface area contributed by atoms with Gasteiger partial charge in [-0.25, -0.2) is 0 Å². The van der Waals surface area contributed by atoms with Crippen LogP contribution in [0.5, 0.6) is 0 Å². The second kappa shape index (κ2) is 14.4. The Morgan fingerprint density at radius 3 is 2.36 bits per heavy atom. The Labute approximate surface area is 134 Å². The molecule has 0 bridgehead atoms. The Morgan fingerprint density at radius 2 is 1.95 bits per heavy atom. The van der Waals surface area contributed by atoms with Gasteiger partial charge in [0.1, 0.15) is 5.78 Å². The van der Waals surface area contributed by atoms with Gasteiger partial charge in [-0.05, 0) is 37.3 Å². The average Bonchev–Trinajstić information content (AvgIpc) is 2.45. The van der Waals surface area contributed by atoms with Crippen molar-refractivity contribution >= 4 is 13.2 Å². The van der Waals surface area contributed by atoms with Crippen LogP contribution in [0.3, 0.4) is 0 Å². The van der Waals surface area contributed by atoms with E-state index in [4.69, 9.17) is 15.7 Å². The molecule has 0 spiro atoms. The fraction of sp³-hybridized carbons (Fsp3) is 0.529. The SMILES string of the molecule is C#CC#CC#CC.[CH2-][P@@](C)(=O)OC[C@H](COC)CC(=O)CC. The Morgan fingerprint density at radius 1 is 1.32 bits per heavy atom. The van der Waals surface area contributed by atoms with Crippen LogP contribution >= 0.6 is 7.37 Å². The van der Waals surface area contributed by atoms with Gasteiger partial charge in [-0.1, -0.05) is 12.8 Å². The fourth-order valence-corrected chi connectivity index (χ4v) is 1.79. The molecule has 22 heavy (non-hydrogen) atoms. The van der Waals surface area contributed by atoms with Gasteiger partial charge in [-0.3, -0.25) is 11.5 Å². The molecule has 0 N–H and O–H groups in total. The first-order valence-corrected chi connectivity index (χ1v) is 9.00. The van der Waals surface area contributed by atoms with Crippen molar-refractivity contribution < 1.29 is 18.6 Å². The highest BCUT2D eigenvalue weighted by Crippen LogP contribution is 2.40. The molecule has 0 aromatic carbocycles. The normalized spacial score (nSPS) is 12.7. The van der Waals surface area contributed by atoms with Crippen LogP contribution in [0.15, 0.2) is 0 Å². The Bertz CT molecular complexity index is 517. The molecule has 0 rings (SSSR count). The van der Waals surface area contributed by atoms with Crippen molar-refractivity contribution in [3.05, 3.63) is 6.66 Å². The molecule has 0 saturated heterocycles. The maximum Gasteiger partial charge on any atom is 0.133 e. The summed E-state index contributed by atoms with van der Waals surface area (Å²) in [5.74, 6) is 12.1.